The third kappa shape index (κ3) is 4.02. The zero-order valence-electron chi connectivity index (χ0n) is 9.54. The number of rotatable bonds is 6. The van der Waals surface area contributed by atoms with Gasteiger partial charge in [0.15, 0.2) is 11.5 Å². The van der Waals surface area contributed by atoms with E-state index in [0.717, 1.165) is 0 Å². The lowest BCUT2D eigenvalue weighted by atomic mass is 10.2. The molecule has 1 aromatic rings. The first-order valence-corrected chi connectivity index (χ1v) is 4.76. The van der Waals surface area contributed by atoms with Crippen molar-refractivity contribution >= 4 is 12.2 Å². The van der Waals surface area contributed by atoms with Crippen LogP contribution in [-0.2, 0) is 9.63 Å². The van der Waals surface area contributed by atoms with E-state index in [1.165, 1.54) is 13.3 Å². The number of benzene rings is 1. The maximum absolute atomic E-state index is 10.2. The Balaban J connectivity index is 2.68. The van der Waals surface area contributed by atoms with Crippen molar-refractivity contribution in [2.75, 3.05) is 20.8 Å². The summed E-state index contributed by atoms with van der Waals surface area (Å²) in [6.45, 7) is -0.468. The van der Waals surface area contributed by atoms with Gasteiger partial charge in [-0.25, -0.2) is 4.79 Å². The maximum atomic E-state index is 10.2. The van der Waals surface area contributed by atoms with Crippen molar-refractivity contribution in [2.45, 2.75) is 0 Å². The zero-order valence-corrected chi connectivity index (χ0v) is 9.54. The second kappa shape index (κ2) is 6.37. The van der Waals surface area contributed by atoms with Gasteiger partial charge in [0.25, 0.3) is 0 Å². The van der Waals surface area contributed by atoms with Crippen molar-refractivity contribution in [3.05, 3.63) is 23.8 Å². The summed E-state index contributed by atoms with van der Waals surface area (Å²) in [7, 11) is 3.07. The van der Waals surface area contributed by atoms with E-state index < -0.39 is 12.6 Å². The van der Waals surface area contributed by atoms with E-state index in [9.17, 15) is 4.79 Å². The Hall–Kier alpha value is -2.24. The Bertz CT molecular complexity index is 416. The molecule has 1 aromatic carbocycles. The van der Waals surface area contributed by atoms with E-state index in [0.29, 0.717) is 17.1 Å². The van der Waals surface area contributed by atoms with Gasteiger partial charge < -0.3 is 19.4 Å². The summed E-state index contributed by atoms with van der Waals surface area (Å²) < 4.78 is 10.2. The highest BCUT2D eigenvalue weighted by Crippen LogP contribution is 2.26. The van der Waals surface area contributed by atoms with Gasteiger partial charge in [0, 0.05) is 5.56 Å². The quantitative estimate of drug-likeness (QED) is 0.595. The van der Waals surface area contributed by atoms with Gasteiger partial charge in [0.2, 0.25) is 6.61 Å². The molecule has 0 aromatic heterocycles. The molecule has 92 valence electrons. The number of oxime groups is 1. The molecule has 0 amide bonds. The molecule has 0 radical (unpaired) electrons. The van der Waals surface area contributed by atoms with Crippen LogP contribution in [0.25, 0.3) is 0 Å². The topological polar surface area (TPSA) is 77.4 Å². The fraction of sp³-hybridized carbons (Fsp3) is 0.273. The SMILES string of the molecule is COc1ccc(/C=N/OCC(=O)O)cc1OC. The average Bonchev–Trinajstić information content (AvgIpc) is 2.34. The molecule has 6 nitrogen and oxygen atoms in total. The molecule has 0 aliphatic rings. The molecule has 0 spiro atoms. The minimum atomic E-state index is -1.07. The van der Waals surface area contributed by atoms with E-state index in [1.807, 2.05) is 0 Å². The van der Waals surface area contributed by atoms with Gasteiger partial charge in [-0.2, -0.15) is 0 Å². The van der Waals surface area contributed by atoms with Crippen molar-refractivity contribution in [3.63, 3.8) is 0 Å². The minimum Gasteiger partial charge on any atom is -0.493 e. The second-order valence-electron chi connectivity index (χ2n) is 3.02. The Kier molecular flexibility index (Phi) is 4.80. The van der Waals surface area contributed by atoms with Crippen molar-refractivity contribution in [1.29, 1.82) is 0 Å². The molecule has 0 saturated heterocycles. The lowest BCUT2D eigenvalue weighted by molar-refractivity contribution is -0.142. The van der Waals surface area contributed by atoms with E-state index in [2.05, 4.69) is 9.99 Å². The normalized spacial score (nSPS) is 10.2. The average molecular weight is 239 g/mol. The largest absolute Gasteiger partial charge is 0.493 e. The second-order valence-corrected chi connectivity index (χ2v) is 3.02. The molecule has 1 N–H and O–H groups in total. The van der Waals surface area contributed by atoms with Crippen LogP contribution in [0.4, 0.5) is 0 Å². The molecule has 0 aliphatic heterocycles. The summed E-state index contributed by atoms with van der Waals surface area (Å²) in [6.07, 6.45) is 1.39. The Morgan fingerprint density at radius 3 is 2.65 bits per heavy atom. The lowest BCUT2D eigenvalue weighted by Crippen LogP contribution is -2.03. The van der Waals surface area contributed by atoms with Crippen LogP contribution >= 0.6 is 0 Å². The van der Waals surface area contributed by atoms with Crippen LogP contribution < -0.4 is 9.47 Å². The number of methoxy groups -OCH3 is 2. The highest BCUT2D eigenvalue weighted by Gasteiger charge is 2.03. The van der Waals surface area contributed by atoms with Crippen molar-refractivity contribution in [1.82, 2.24) is 0 Å². The zero-order chi connectivity index (χ0) is 12.7. The standard InChI is InChI=1S/C11H13NO5/c1-15-9-4-3-8(5-10(9)16-2)6-12-17-7-11(13)14/h3-6H,7H2,1-2H3,(H,13,14)/b12-6+. The number of nitrogens with zero attached hydrogens (tertiary/aromatic N) is 1. The molecule has 0 bridgehead atoms. The van der Waals surface area contributed by atoms with Crippen molar-refractivity contribution in [3.8, 4) is 11.5 Å². The van der Waals surface area contributed by atoms with E-state index in [1.54, 1.807) is 25.3 Å². The van der Waals surface area contributed by atoms with Gasteiger partial charge in [-0.3, -0.25) is 0 Å². The van der Waals surface area contributed by atoms with Crippen molar-refractivity contribution in [2.24, 2.45) is 5.16 Å². The van der Waals surface area contributed by atoms with Gasteiger partial charge in [-0.1, -0.05) is 5.16 Å². The molecular formula is C11H13NO5. The molecule has 1 rings (SSSR count). The molecule has 0 aliphatic carbocycles. The Labute approximate surface area is 98.4 Å². The molecule has 0 saturated carbocycles. The minimum absolute atomic E-state index is 0.468. The third-order valence-corrected chi connectivity index (χ3v) is 1.87. The summed E-state index contributed by atoms with van der Waals surface area (Å²) >= 11 is 0. The first kappa shape index (κ1) is 12.8. The van der Waals surface area contributed by atoms with Gasteiger partial charge in [0.05, 0.1) is 20.4 Å². The van der Waals surface area contributed by atoms with E-state index >= 15 is 0 Å². The predicted molar refractivity (Wildman–Crippen MR) is 60.7 cm³/mol. The molecule has 0 atom stereocenters. The fourth-order valence-electron chi connectivity index (χ4n) is 1.12. The van der Waals surface area contributed by atoms with Crippen LogP contribution in [0, 0.1) is 0 Å². The van der Waals surface area contributed by atoms with Gasteiger partial charge in [0.1, 0.15) is 0 Å². The number of ether oxygens (including phenoxy) is 2. The Morgan fingerprint density at radius 2 is 2.06 bits per heavy atom. The number of aliphatic carboxylic acids is 1. The first-order valence-electron chi connectivity index (χ1n) is 4.76. The molecule has 0 heterocycles. The van der Waals surface area contributed by atoms with Crippen molar-refractivity contribution < 1.29 is 24.2 Å². The molecule has 6 heteroatoms. The Morgan fingerprint density at radius 1 is 1.35 bits per heavy atom. The first-order chi connectivity index (χ1) is 8.17. The van der Waals surface area contributed by atoms with Crippen LogP contribution in [0.1, 0.15) is 5.56 Å². The van der Waals surface area contributed by atoms with Gasteiger partial charge >= 0.3 is 5.97 Å². The van der Waals surface area contributed by atoms with Crippen LogP contribution in [0.15, 0.2) is 23.4 Å². The molecule has 17 heavy (non-hydrogen) atoms. The number of hydrogen-bond donors (Lipinski definition) is 1. The third-order valence-electron chi connectivity index (χ3n) is 1.87. The summed E-state index contributed by atoms with van der Waals surface area (Å²) in [6, 6.07) is 5.17. The molecule has 0 unspecified atom stereocenters. The van der Waals surface area contributed by atoms with E-state index in [4.69, 9.17) is 14.6 Å². The summed E-state index contributed by atoms with van der Waals surface area (Å²) in [4.78, 5) is 14.7. The summed E-state index contributed by atoms with van der Waals surface area (Å²) in [5.74, 6) is 0.0975. The highest BCUT2D eigenvalue weighted by atomic mass is 16.6. The van der Waals surface area contributed by atoms with Gasteiger partial charge in [-0.15, -0.1) is 0 Å². The molecule has 0 fully saturated rings. The lowest BCUT2D eigenvalue weighted by Gasteiger charge is -2.07. The number of carboxylic acid groups (broad SMARTS) is 1. The van der Waals surface area contributed by atoms with Crippen LogP contribution in [0.3, 0.4) is 0 Å². The summed E-state index contributed by atoms with van der Waals surface area (Å²) in [5.41, 5.74) is 0.716. The molecular weight excluding hydrogens is 226 g/mol. The monoisotopic (exact) mass is 239 g/mol. The fourth-order valence-corrected chi connectivity index (χ4v) is 1.12. The van der Waals surface area contributed by atoms with Crippen LogP contribution in [0.2, 0.25) is 0 Å². The van der Waals surface area contributed by atoms with E-state index in [-0.39, 0.29) is 0 Å². The summed E-state index contributed by atoms with van der Waals surface area (Å²) in [5, 5.41) is 11.8. The number of hydrogen-bond acceptors (Lipinski definition) is 5. The van der Waals surface area contributed by atoms with Gasteiger partial charge in [-0.05, 0) is 18.2 Å². The van der Waals surface area contributed by atoms with Crippen LogP contribution in [-0.4, -0.2) is 38.1 Å². The number of carbonyl (C=O) groups is 1. The predicted octanol–water partition coefficient (Wildman–Crippen LogP) is 1.14. The highest BCUT2D eigenvalue weighted by molar-refractivity contribution is 5.80. The smallest absolute Gasteiger partial charge is 0.344 e. The maximum Gasteiger partial charge on any atom is 0.344 e. The number of carboxylic acids is 1. The van der Waals surface area contributed by atoms with Crippen LogP contribution in [0.5, 0.6) is 11.5 Å².